The van der Waals surface area contributed by atoms with Crippen molar-refractivity contribution in [2.75, 3.05) is 5.32 Å². The zero-order valence-electron chi connectivity index (χ0n) is 15.2. The average Bonchev–Trinajstić information content (AvgIpc) is 3.13. The van der Waals surface area contributed by atoms with Crippen LogP contribution in [0.3, 0.4) is 0 Å². The molecule has 0 aliphatic heterocycles. The minimum atomic E-state index is -0.501. The van der Waals surface area contributed by atoms with E-state index >= 15 is 0 Å². The highest BCUT2D eigenvalue weighted by atomic mass is 19.1. The van der Waals surface area contributed by atoms with Crippen LogP contribution in [-0.4, -0.2) is 21.0 Å². The van der Waals surface area contributed by atoms with E-state index in [1.165, 1.54) is 12.1 Å². The summed E-state index contributed by atoms with van der Waals surface area (Å²) < 4.78 is 18.8. The lowest BCUT2D eigenvalue weighted by Crippen LogP contribution is -2.12. The number of nitrogens with zero attached hydrogens (tertiary/aromatic N) is 3. The van der Waals surface area contributed by atoms with Gasteiger partial charge in [-0.25, -0.2) is 4.39 Å². The van der Waals surface area contributed by atoms with Crippen LogP contribution in [0.2, 0.25) is 0 Å². The van der Waals surface area contributed by atoms with E-state index in [9.17, 15) is 19.3 Å². The number of benzene rings is 2. The summed E-state index contributed by atoms with van der Waals surface area (Å²) in [5.41, 5.74) is 1.78. The van der Waals surface area contributed by atoms with Crippen molar-refractivity contribution >= 4 is 17.3 Å². The first-order valence-electron chi connectivity index (χ1n) is 8.47. The van der Waals surface area contributed by atoms with Gasteiger partial charge in [-0.05, 0) is 31.5 Å². The number of halogens is 1. The van der Waals surface area contributed by atoms with Crippen LogP contribution in [0.25, 0.3) is 11.4 Å². The van der Waals surface area contributed by atoms with E-state index in [0.717, 1.165) is 0 Å². The minimum absolute atomic E-state index is 0.0472. The summed E-state index contributed by atoms with van der Waals surface area (Å²) in [6.07, 6.45) is 0.229. The molecule has 0 fully saturated rings. The summed E-state index contributed by atoms with van der Waals surface area (Å²) in [7, 11) is 0. The standard InChI is InChI=1S/C19H17FN4O4/c1-11-3-5-13(9-15(11)20)19-22-18(28-23-19)8-7-17(25)21-14-6-4-12(2)16(10-14)24(26)27/h3-6,9-10H,7-8H2,1-2H3,(H,21,25). The van der Waals surface area contributed by atoms with E-state index in [0.29, 0.717) is 22.4 Å². The second-order valence-electron chi connectivity index (χ2n) is 6.28. The molecule has 1 N–H and O–H groups in total. The molecule has 1 amide bonds. The van der Waals surface area contributed by atoms with Crippen molar-refractivity contribution in [1.29, 1.82) is 0 Å². The molecule has 0 atom stereocenters. The number of anilines is 1. The zero-order chi connectivity index (χ0) is 20.3. The average molecular weight is 384 g/mol. The Morgan fingerprint density at radius 3 is 2.68 bits per heavy atom. The van der Waals surface area contributed by atoms with Crippen molar-refractivity contribution in [2.24, 2.45) is 0 Å². The van der Waals surface area contributed by atoms with Crippen molar-refractivity contribution in [2.45, 2.75) is 26.7 Å². The van der Waals surface area contributed by atoms with Gasteiger partial charge in [-0.3, -0.25) is 14.9 Å². The molecule has 0 aliphatic carbocycles. The summed E-state index contributed by atoms with van der Waals surface area (Å²) in [5, 5.41) is 17.4. The highest BCUT2D eigenvalue weighted by Crippen LogP contribution is 2.23. The normalized spacial score (nSPS) is 10.7. The van der Waals surface area contributed by atoms with Crippen LogP contribution in [0, 0.1) is 29.8 Å². The highest BCUT2D eigenvalue weighted by molar-refractivity contribution is 5.91. The van der Waals surface area contributed by atoms with Gasteiger partial charge in [0.25, 0.3) is 5.69 Å². The molecule has 0 unspecified atom stereocenters. The molecule has 0 spiro atoms. The van der Waals surface area contributed by atoms with Gasteiger partial charge in [0.2, 0.25) is 17.6 Å². The van der Waals surface area contributed by atoms with Gasteiger partial charge < -0.3 is 9.84 Å². The number of hydrogen-bond donors (Lipinski definition) is 1. The van der Waals surface area contributed by atoms with Gasteiger partial charge in [-0.15, -0.1) is 0 Å². The number of nitrogens with one attached hydrogen (secondary N) is 1. The van der Waals surface area contributed by atoms with Crippen LogP contribution in [0.1, 0.15) is 23.4 Å². The summed E-state index contributed by atoms with van der Waals surface area (Å²) in [6, 6.07) is 9.10. The third-order valence-electron chi connectivity index (χ3n) is 4.15. The van der Waals surface area contributed by atoms with Crippen LogP contribution in [-0.2, 0) is 11.2 Å². The summed E-state index contributed by atoms with van der Waals surface area (Å²) >= 11 is 0. The smallest absolute Gasteiger partial charge is 0.274 e. The third kappa shape index (κ3) is 4.37. The van der Waals surface area contributed by atoms with Crippen molar-refractivity contribution in [3.8, 4) is 11.4 Å². The first-order chi connectivity index (χ1) is 13.3. The summed E-state index contributed by atoms with van der Waals surface area (Å²) in [6.45, 7) is 3.28. The fraction of sp³-hybridized carbons (Fsp3) is 0.211. The van der Waals surface area contributed by atoms with Crippen molar-refractivity contribution in [1.82, 2.24) is 10.1 Å². The lowest BCUT2D eigenvalue weighted by molar-refractivity contribution is -0.385. The van der Waals surface area contributed by atoms with Crippen molar-refractivity contribution in [3.63, 3.8) is 0 Å². The molecule has 144 valence electrons. The number of hydrogen-bond acceptors (Lipinski definition) is 6. The second kappa shape index (κ2) is 7.95. The van der Waals surface area contributed by atoms with Gasteiger partial charge >= 0.3 is 0 Å². The topological polar surface area (TPSA) is 111 Å². The van der Waals surface area contributed by atoms with E-state index in [2.05, 4.69) is 15.5 Å². The molecule has 2 aromatic carbocycles. The molecule has 0 saturated heterocycles. The first kappa shape index (κ1) is 19.2. The van der Waals surface area contributed by atoms with Gasteiger partial charge in [0.05, 0.1) is 4.92 Å². The monoisotopic (exact) mass is 384 g/mol. The van der Waals surface area contributed by atoms with Crippen molar-refractivity contribution in [3.05, 3.63) is 69.3 Å². The zero-order valence-corrected chi connectivity index (χ0v) is 15.2. The van der Waals surface area contributed by atoms with E-state index in [1.807, 2.05) is 0 Å². The first-order valence-corrected chi connectivity index (χ1v) is 8.47. The van der Waals surface area contributed by atoms with Crippen LogP contribution in [0.4, 0.5) is 15.8 Å². The minimum Gasteiger partial charge on any atom is -0.339 e. The van der Waals surface area contributed by atoms with Gasteiger partial charge in [-0.1, -0.05) is 23.4 Å². The molecular formula is C19H17FN4O4. The van der Waals surface area contributed by atoms with E-state index < -0.39 is 4.92 Å². The highest BCUT2D eigenvalue weighted by Gasteiger charge is 2.14. The molecule has 28 heavy (non-hydrogen) atoms. The summed E-state index contributed by atoms with van der Waals surface area (Å²) in [5.74, 6) is -0.237. The Bertz CT molecular complexity index is 1050. The molecule has 3 aromatic rings. The Hall–Kier alpha value is -3.62. The molecule has 0 saturated carbocycles. The number of aryl methyl sites for hydroxylation is 3. The molecular weight excluding hydrogens is 367 g/mol. The van der Waals surface area contributed by atoms with Crippen LogP contribution in [0.5, 0.6) is 0 Å². The fourth-order valence-corrected chi connectivity index (χ4v) is 2.53. The van der Waals surface area contributed by atoms with Crippen LogP contribution in [0.15, 0.2) is 40.9 Å². The van der Waals surface area contributed by atoms with E-state index in [1.54, 1.807) is 38.1 Å². The largest absolute Gasteiger partial charge is 0.339 e. The number of amides is 1. The maximum atomic E-state index is 13.7. The Morgan fingerprint density at radius 2 is 1.96 bits per heavy atom. The number of aromatic nitrogens is 2. The quantitative estimate of drug-likeness (QED) is 0.508. The number of carbonyl (C=O) groups is 1. The third-order valence-corrected chi connectivity index (χ3v) is 4.15. The summed E-state index contributed by atoms with van der Waals surface area (Å²) in [4.78, 5) is 26.7. The Morgan fingerprint density at radius 1 is 1.21 bits per heavy atom. The number of nitro benzene ring substituents is 1. The maximum Gasteiger partial charge on any atom is 0.274 e. The number of rotatable bonds is 6. The Labute approximate surface area is 159 Å². The van der Waals surface area contributed by atoms with Gasteiger partial charge in [0.15, 0.2) is 0 Å². The number of carbonyl (C=O) groups excluding carboxylic acids is 1. The van der Waals surface area contributed by atoms with Gasteiger partial charge in [-0.2, -0.15) is 4.98 Å². The Balaban J connectivity index is 1.61. The lowest BCUT2D eigenvalue weighted by Gasteiger charge is -2.05. The SMILES string of the molecule is Cc1ccc(-c2noc(CCC(=O)Nc3ccc(C)c([N+](=O)[O-])c3)n2)cc1F. The Kier molecular flexibility index (Phi) is 5.44. The molecule has 8 nitrogen and oxygen atoms in total. The van der Waals surface area contributed by atoms with Crippen LogP contribution >= 0.6 is 0 Å². The molecule has 0 aliphatic rings. The fourth-order valence-electron chi connectivity index (χ4n) is 2.53. The molecule has 0 bridgehead atoms. The molecule has 0 radical (unpaired) electrons. The van der Waals surface area contributed by atoms with Gasteiger partial charge in [0, 0.05) is 35.7 Å². The maximum absolute atomic E-state index is 13.7. The van der Waals surface area contributed by atoms with Crippen molar-refractivity contribution < 1.29 is 18.6 Å². The van der Waals surface area contributed by atoms with Crippen LogP contribution < -0.4 is 5.32 Å². The predicted molar refractivity (Wildman–Crippen MR) is 99.2 cm³/mol. The predicted octanol–water partition coefficient (Wildman–Crippen LogP) is 3.97. The lowest BCUT2D eigenvalue weighted by atomic mass is 10.1. The molecule has 3 rings (SSSR count). The second-order valence-corrected chi connectivity index (χ2v) is 6.28. The number of nitro groups is 1. The molecule has 9 heteroatoms. The van der Waals surface area contributed by atoms with Gasteiger partial charge in [0.1, 0.15) is 5.82 Å². The van der Waals surface area contributed by atoms with E-state index in [-0.39, 0.29) is 42.0 Å². The molecule has 1 aromatic heterocycles. The van der Waals surface area contributed by atoms with E-state index in [4.69, 9.17) is 4.52 Å². The molecule has 1 heterocycles.